The zero-order valence-electron chi connectivity index (χ0n) is 14.1. The van der Waals surface area contributed by atoms with Crippen LogP contribution in [0, 0.1) is 12.8 Å². The molecule has 1 aliphatic carbocycles. The molecule has 1 fully saturated rings. The molecule has 1 aliphatic heterocycles. The number of aryl methyl sites for hydroxylation is 1. The van der Waals surface area contributed by atoms with E-state index < -0.39 is 10.0 Å². The van der Waals surface area contributed by atoms with Crippen LogP contribution in [-0.2, 0) is 10.0 Å². The first kappa shape index (κ1) is 16.5. The van der Waals surface area contributed by atoms with Gasteiger partial charge in [0.05, 0.1) is 4.90 Å². The fraction of sp³-hybridized carbons (Fsp3) is 0.474. The van der Waals surface area contributed by atoms with Crippen LogP contribution in [0.4, 0.5) is 0 Å². The Labute approximate surface area is 139 Å². The van der Waals surface area contributed by atoms with Gasteiger partial charge in [-0.2, -0.15) is 4.31 Å². The summed E-state index contributed by atoms with van der Waals surface area (Å²) in [5.74, 6) is 0.347. The quantitative estimate of drug-likeness (QED) is 0.766. The molecule has 23 heavy (non-hydrogen) atoms. The van der Waals surface area contributed by atoms with Gasteiger partial charge in [0.2, 0.25) is 10.0 Å². The summed E-state index contributed by atoms with van der Waals surface area (Å²) in [5, 5.41) is 0. The SMILES string of the molecule is C/C1=C2\CN(S(=O)(=O)c3ccc(C)cc3)[C@H](C)[C@@H]2CC/C=C\C1. The van der Waals surface area contributed by atoms with E-state index in [0.717, 1.165) is 24.8 Å². The molecule has 0 saturated carbocycles. The van der Waals surface area contributed by atoms with Crippen molar-refractivity contribution in [1.29, 1.82) is 0 Å². The van der Waals surface area contributed by atoms with Crippen molar-refractivity contribution in [3.8, 4) is 0 Å². The summed E-state index contributed by atoms with van der Waals surface area (Å²) in [6.45, 7) is 6.72. The van der Waals surface area contributed by atoms with Gasteiger partial charge in [0, 0.05) is 12.6 Å². The molecule has 0 N–H and O–H groups in total. The lowest BCUT2D eigenvalue weighted by Gasteiger charge is -2.24. The van der Waals surface area contributed by atoms with E-state index >= 15 is 0 Å². The molecular weight excluding hydrogens is 306 g/mol. The van der Waals surface area contributed by atoms with E-state index in [4.69, 9.17) is 0 Å². The first-order valence-electron chi connectivity index (χ1n) is 8.33. The zero-order chi connectivity index (χ0) is 16.6. The Bertz CT molecular complexity index is 744. The Morgan fingerprint density at radius 3 is 2.48 bits per heavy atom. The molecule has 1 aromatic rings. The molecule has 0 unspecified atom stereocenters. The highest BCUT2D eigenvalue weighted by Gasteiger charge is 2.42. The molecule has 4 heteroatoms. The fourth-order valence-electron chi connectivity index (χ4n) is 3.72. The van der Waals surface area contributed by atoms with E-state index in [1.54, 1.807) is 16.4 Å². The van der Waals surface area contributed by atoms with Crippen molar-refractivity contribution in [2.75, 3.05) is 6.54 Å². The molecule has 0 aromatic heterocycles. The van der Waals surface area contributed by atoms with Crippen molar-refractivity contribution in [3.63, 3.8) is 0 Å². The molecule has 0 radical (unpaired) electrons. The largest absolute Gasteiger partial charge is 0.243 e. The highest BCUT2D eigenvalue weighted by Crippen LogP contribution is 2.39. The van der Waals surface area contributed by atoms with Gasteiger partial charge in [-0.05, 0) is 58.1 Å². The van der Waals surface area contributed by atoms with E-state index in [1.165, 1.54) is 11.1 Å². The van der Waals surface area contributed by atoms with Gasteiger partial charge in [0.15, 0.2) is 0 Å². The summed E-state index contributed by atoms with van der Waals surface area (Å²) < 4.78 is 27.8. The third kappa shape index (κ3) is 3.02. The van der Waals surface area contributed by atoms with E-state index in [-0.39, 0.29) is 6.04 Å². The molecule has 1 heterocycles. The van der Waals surface area contributed by atoms with Crippen molar-refractivity contribution < 1.29 is 8.42 Å². The van der Waals surface area contributed by atoms with Crippen molar-refractivity contribution in [3.05, 3.63) is 53.1 Å². The van der Waals surface area contributed by atoms with E-state index in [2.05, 4.69) is 26.0 Å². The fourth-order valence-corrected chi connectivity index (χ4v) is 5.37. The van der Waals surface area contributed by atoms with Crippen LogP contribution in [0.15, 0.2) is 52.5 Å². The van der Waals surface area contributed by atoms with Crippen LogP contribution < -0.4 is 0 Å². The summed E-state index contributed by atoms with van der Waals surface area (Å²) in [6, 6.07) is 7.20. The topological polar surface area (TPSA) is 37.4 Å². The number of allylic oxidation sites excluding steroid dienone is 3. The number of fused-ring (bicyclic) bond motifs is 1. The Hall–Kier alpha value is -1.39. The van der Waals surface area contributed by atoms with Gasteiger partial charge < -0.3 is 0 Å². The Kier molecular flexibility index (Phi) is 4.47. The number of hydrogen-bond donors (Lipinski definition) is 0. The number of rotatable bonds is 2. The van der Waals surface area contributed by atoms with Crippen molar-refractivity contribution in [2.45, 2.75) is 51.0 Å². The van der Waals surface area contributed by atoms with E-state index in [1.807, 2.05) is 19.1 Å². The molecule has 0 amide bonds. The van der Waals surface area contributed by atoms with Gasteiger partial charge in [-0.3, -0.25) is 0 Å². The van der Waals surface area contributed by atoms with Gasteiger partial charge in [0.25, 0.3) is 0 Å². The normalized spacial score (nSPS) is 30.6. The van der Waals surface area contributed by atoms with E-state index in [0.29, 0.717) is 17.4 Å². The van der Waals surface area contributed by atoms with Crippen LogP contribution >= 0.6 is 0 Å². The average molecular weight is 331 g/mol. The Balaban J connectivity index is 1.96. The minimum absolute atomic E-state index is 0.0257. The highest BCUT2D eigenvalue weighted by molar-refractivity contribution is 7.89. The predicted molar refractivity (Wildman–Crippen MR) is 93.7 cm³/mol. The molecular formula is C19H25NO2S. The van der Waals surface area contributed by atoms with E-state index in [9.17, 15) is 8.42 Å². The smallest absolute Gasteiger partial charge is 0.207 e. The Morgan fingerprint density at radius 1 is 1.09 bits per heavy atom. The standard InChI is InChI=1S/C19H25NO2S/c1-14-9-11-17(12-10-14)23(21,22)20-13-19-15(2)7-5-4-6-8-18(19)16(20)3/h4-5,9-12,16,18H,6-8,13H2,1-3H3/b5-4-,19-15-/t16-,18+/m1/s1. The van der Waals surface area contributed by atoms with Crippen LogP contribution in [0.5, 0.6) is 0 Å². The maximum absolute atomic E-state index is 13.1. The number of sulfonamides is 1. The summed E-state index contributed by atoms with van der Waals surface area (Å²) in [5.41, 5.74) is 3.74. The second kappa shape index (κ2) is 6.25. The minimum atomic E-state index is -3.43. The minimum Gasteiger partial charge on any atom is -0.207 e. The van der Waals surface area contributed by atoms with Crippen molar-refractivity contribution in [2.24, 2.45) is 5.92 Å². The maximum atomic E-state index is 13.1. The first-order valence-corrected chi connectivity index (χ1v) is 9.77. The third-order valence-electron chi connectivity index (χ3n) is 5.22. The van der Waals surface area contributed by atoms with Crippen LogP contribution in [-0.4, -0.2) is 25.3 Å². The van der Waals surface area contributed by atoms with Crippen LogP contribution in [0.1, 0.15) is 38.7 Å². The molecule has 3 nitrogen and oxygen atoms in total. The van der Waals surface area contributed by atoms with Crippen LogP contribution in [0.3, 0.4) is 0 Å². The Morgan fingerprint density at radius 2 is 1.78 bits per heavy atom. The highest BCUT2D eigenvalue weighted by atomic mass is 32.2. The molecule has 0 bridgehead atoms. The molecule has 1 saturated heterocycles. The zero-order valence-corrected chi connectivity index (χ0v) is 14.9. The van der Waals surface area contributed by atoms with Gasteiger partial charge in [0.1, 0.15) is 0 Å². The average Bonchev–Trinajstić information content (AvgIpc) is 2.82. The molecule has 124 valence electrons. The second-order valence-corrected chi connectivity index (χ2v) is 8.66. The molecule has 1 aromatic carbocycles. The predicted octanol–water partition coefficient (Wildman–Crippen LogP) is 4.06. The van der Waals surface area contributed by atoms with Gasteiger partial charge in [-0.25, -0.2) is 8.42 Å². The van der Waals surface area contributed by atoms with Gasteiger partial charge in [-0.1, -0.05) is 41.0 Å². The third-order valence-corrected chi connectivity index (χ3v) is 7.17. The summed E-state index contributed by atoms with van der Waals surface area (Å²) in [6.07, 6.45) is 7.44. The lowest BCUT2D eigenvalue weighted by Crippen LogP contribution is -2.35. The van der Waals surface area contributed by atoms with Crippen molar-refractivity contribution in [1.82, 2.24) is 4.31 Å². The molecule has 3 rings (SSSR count). The van der Waals surface area contributed by atoms with Crippen molar-refractivity contribution >= 4 is 10.0 Å². The lowest BCUT2D eigenvalue weighted by molar-refractivity contribution is 0.353. The lowest BCUT2D eigenvalue weighted by atomic mass is 9.87. The summed E-state index contributed by atoms with van der Waals surface area (Å²) >= 11 is 0. The monoisotopic (exact) mass is 331 g/mol. The molecule has 0 spiro atoms. The summed E-state index contributed by atoms with van der Waals surface area (Å²) in [7, 11) is -3.43. The number of hydrogen-bond acceptors (Lipinski definition) is 2. The molecule has 2 atom stereocenters. The van der Waals surface area contributed by atoms with Crippen LogP contribution in [0.25, 0.3) is 0 Å². The summed E-state index contributed by atoms with van der Waals surface area (Å²) in [4.78, 5) is 0.403. The van der Waals surface area contributed by atoms with Gasteiger partial charge >= 0.3 is 0 Å². The molecule has 2 aliphatic rings. The first-order chi connectivity index (χ1) is 10.9. The second-order valence-electron chi connectivity index (χ2n) is 6.77. The number of benzene rings is 1. The van der Waals surface area contributed by atoms with Gasteiger partial charge in [-0.15, -0.1) is 0 Å². The number of nitrogens with zero attached hydrogens (tertiary/aromatic N) is 1. The maximum Gasteiger partial charge on any atom is 0.243 e. The van der Waals surface area contributed by atoms with Crippen LogP contribution in [0.2, 0.25) is 0 Å².